The van der Waals surface area contributed by atoms with Crippen LogP contribution in [0.2, 0.25) is 0 Å². The molecule has 0 saturated carbocycles. The van der Waals surface area contributed by atoms with Gasteiger partial charge in [0, 0.05) is 30.9 Å². The van der Waals surface area contributed by atoms with Gasteiger partial charge in [0.2, 0.25) is 0 Å². The Morgan fingerprint density at radius 2 is 1.81 bits per heavy atom. The Morgan fingerprint density at radius 3 is 2.35 bits per heavy atom. The summed E-state index contributed by atoms with van der Waals surface area (Å²) in [6.45, 7) is 7.08. The smallest absolute Gasteiger partial charge is 0.333 e. The van der Waals surface area contributed by atoms with Crippen molar-refractivity contribution in [1.82, 2.24) is 10.4 Å². The molecule has 0 spiro atoms. The molecule has 26 heavy (non-hydrogen) atoms. The Bertz CT molecular complexity index is 773. The van der Waals surface area contributed by atoms with Gasteiger partial charge in [-0.15, -0.1) is 0 Å². The number of nitrogens with one attached hydrogen (secondary N) is 2. The van der Waals surface area contributed by atoms with Crippen LogP contribution in [0, 0.1) is 17.0 Å². The van der Waals surface area contributed by atoms with Crippen molar-refractivity contribution < 1.29 is 14.5 Å². The molecule has 2 aromatic carbocycles. The van der Waals surface area contributed by atoms with Gasteiger partial charge in [-0.3, -0.25) is 15.5 Å². The van der Waals surface area contributed by atoms with E-state index in [1.54, 1.807) is 42.3 Å². The molecule has 2 amide bonds. The number of carbonyl (C=O) groups is 1. The van der Waals surface area contributed by atoms with E-state index in [-0.39, 0.29) is 11.7 Å². The first-order chi connectivity index (χ1) is 12.4. The average molecular weight is 358 g/mol. The Balaban J connectivity index is 1.99. The van der Waals surface area contributed by atoms with Crippen molar-refractivity contribution in [2.45, 2.75) is 20.8 Å². The fourth-order valence-corrected chi connectivity index (χ4v) is 2.28. The zero-order valence-electron chi connectivity index (χ0n) is 15.0. The normalized spacial score (nSPS) is 10.5. The standard InChI is InChI=1S/C18H22N4O4/c1-4-21(5-2)20-18(23)19-14-6-9-16(10-7-14)26-17-11-8-15(22(24)25)12-13(17)3/h6-12H,4-5H2,1-3H3,(H2,19,20,23). The number of amides is 2. The summed E-state index contributed by atoms with van der Waals surface area (Å²) in [5.41, 5.74) is 4.05. The number of benzene rings is 2. The number of non-ortho nitro benzene ring substituents is 1. The molecule has 0 aliphatic rings. The second kappa shape index (κ2) is 8.82. The molecule has 0 aliphatic carbocycles. The molecular formula is C18H22N4O4. The molecular weight excluding hydrogens is 336 g/mol. The summed E-state index contributed by atoms with van der Waals surface area (Å²) in [6.07, 6.45) is 0. The van der Waals surface area contributed by atoms with Gasteiger partial charge in [0.1, 0.15) is 11.5 Å². The lowest BCUT2D eigenvalue weighted by Gasteiger charge is -2.19. The number of urea groups is 1. The maximum Gasteiger partial charge on any atom is 0.333 e. The molecule has 0 fully saturated rings. The van der Waals surface area contributed by atoms with Crippen LogP contribution in [0.15, 0.2) is 42.5 Å². The molecule has 0 heterocycles. The van der Waals surface area contributed by atoms with Gasteiger partial charge in [0.25, 0.3) is 5.69 Å². The SMILES string of the molecule is CCN(CC)NC(=O)Nc1ccc(Oc2ccc([N+](=O)[O-])cc2C)cc1. The molecule has 8 nitrogen and oxygen atoms in total. The van der Waals surface area contributed by atoms with Crippen molar-refractivity contribution in [1.29, 1.82) is 0 Å². The van der Waals surface area contributed by atoms with E-state index >= 15 is 0 Å². The maximum absolute atomic E-state index is 11.9. The van der Waals surface area contributed by atoms with Crippen molar-refractivity contribution in [3.05, 3.63) is 58.1 Å². The lowest BCUT2D eigenvalue weighted by Crippen LogP contribution is -2.44. The molecule has 0 atom stereocenters. The number of nitrogens with zero attached hydrogens (tertiary/aromatic N) is 2. The van der Waals surface area contributed by atoms with Crippen LogP contribution in [-0.2, 0) is 0 Å². The Hall–Kier alpha value is -3.13. The maximum atomic E-state index is 11.9. The van der Waals surface area contributed by atoms with E-state index in [4.69, 9.17) is 4.74 Å². The number of hydrogen-bond acceptors (Lipinski definition) is 5. The summed E-state index contributed by atoms with van der Waals surface area (Å²) in [7, 11) is 0. The lowest BCUT2D eigenvalue weighted by atomic mass is 10.2. The lowest BCUT2D eigenvalue weighted by molar-refractivity contribution is -0.384. The first kappa shape index (κ1) is 19.2. The molecule has 0 aliphatic heterocycles. The molecule has 0 aromatic heterocycles. The predicted octanol–water partition coefficient (Wildman–Crippen LogP) is 4.07. The van der Waals surface area contributed by atoms with Gasteiger partial charge in [-0.1, -0.05) is 13.8 Å². The number of hydrogen-bond donors (Lipinski definition) is 2. The molecule has 0 unspecified atom stereocenters. The molecule has 0 radical (unpaired) electrons. The van der Waals surface area contributed by atoms with Crippen molar-refractivity contribution >= 4 is 17.4 Å². The second-order valence-electron chi connectivity index (χ2n) is 5.57. The van der Waals surface area contributed by atoms with Gasteiger partial charge < -0.3 is 10.1 Å². The van der Waals surface area contributed by atoms with E-state index in [9.17, 15) is 14.9 Å². The molecule has 138 valence electrons. The number of carbonyl (C=O) groups excluding carboxylic acids is 1. The number of ether oxygens (including phenoxy) is 1. The summed E-state index contributed by atoms with van der Waals surface area (Å²) in [4.78, 5) is 22.2. The third-order valence-electron chi connectivity index (χ3n) is 3.73. The first-order valence-corrected chi connectivity index (χ1v) is 8.28. The minimum Gasteiger partial charge on any atom is -0.457 e. The molecule has 2 rings (SSSR count). The number of rotatable bonds is 7. The minimum absolute atomic E-state index is 0.0219. The minimum atomic E-state index is -0.444. The summed E-state index contributed by atoms with van der Waals surface area (Å²) in [5, 5.41) is 15.3. The third kappa shape index (κ3) is 5.18. The van der Waals surface area contributed by atoms with Crippen LogP contribution in [0.1, 0.15) is 19.4 Å². The number of anilines is 1. The van der Waals surface area contributed by atoms with Crippen LogP contribution in [0.25, 0.3) is 0 Å². The first-order valence-electron chi connectivity index (χ1n) is 8.28. The van der Waals surface area contributed by atoms with E-state index in [1.165, 1.54) is 12.1 Å². The van der Waals surface area contributed by atoms with Gasteiger partial charge in [-0.05, 0) is 42.8 Å². The van der Waals surface area contributed by atoms with Crippen molar-refractivity contribution in [2.75, 3.05) is 18.4 Å². The summed E-state index contributed by atoms with van der Waals surface area (Å²) in [5.74, 6) is 1.10. The topological polar surface area (TPSA) is 96.7 Å². The van der Waals surface area contributed by atoms with Crippen molar-refractivity contribution in [3.8, 4) is 11.5 Å². The highest BCUT2D eigenvalue weighted by molar-refractivity contribution is 5.88. The van der Waals surface area contributed by atoms with E-state index in [0.717, 1.165) is 0 Å². The Kier molecular flexibility index (Phi) is 6.51. The average Bonchev–Trinajstić information content (AvgIpc) is 2.62. The highest BCUT2D eigenvalue weighted by atomic mass is 16.6. The second-order valence-corrected chi connectivity index (χ2v) is 5.57. The van der Waals surface area contributed by atoms with Crippen molar-refractivity contribution in [3.63, 3.8) is 0 Å². The van der Waals surface area contributed by atoms with E-state index in [1.807, 2.05) is 13.8 Å². The highest BCUT2D eigenvalue weighted by Crippen LogP contribution is 2.28. The van der Waals surface area contributed by atoms with E-state index in [0.29, 0.717) is 35.8 Å². The number of hydrazine groups is 1. The Labute approximate surface area is 151 Å². The van der Waals surface area contributed by atoms with Crippen LogP contribution in [0.5, 0.6) is 11.5 Å². The van der Waals surface area contributed by atoms with Crippen LogP contribution in [0.3, 0.4) is 0 Å². The van der Waals surface area contributed by atoms with Gasteiger partial charge in [0.05, 0.1) is 4.92 Å². The summed E-state index contributed by atoms with van der Waals surface area (Å²) < 4.78 is 5.74. The largest absolute Gasteiger partial charge is 0.457 e. The van der Waals surface area contributed by atoms with E-state index in [2.05, 4.69) is 10.7 Å². The van der Waals surface area contributed by atoms with Gasteiger partial charge >= 0.3 is 6.03 Å². The summed E-state index contributed by atoms with van der Waals surface area (Å²) in [6, 6.07) is 11.0. The van der Waals surface area contributed by atoms with Crippen LogP contribution >= 0.6 is 0 Å². The van der Waals surface area contributed by atoms with Gasteiger partial charge in [-0.2, -0.15) is 0 Å². The van der Waals surface area contributed by atoms with Crippen LogP contribution in [0.4, 0.5) is 16.2 Å². The quantitative estimate of drug-likeness (QED) is 0.574. The van der Waals surface area contributed by atoms with E-state index < -0.39 is 4.92 Å². The monoisotopic (exact) mass is 358 g/mol. The zero-order chi connectivity index (χ0) is 19.1. The van der Waals surface area contributed by atoms with Gasteiger partial charge in [-0.25, -0.2) is 9.80 Å². The molecule has 2 N–H and O–H groups in total. The fraction of sp³-hybridized carbons (Fsp3) is 0.278. The van der Waals surface area contributed by atoms with Crippen LogP contribution in [-0.4, -0.2) is 29.1 Å². The Morgan fingerprint density at radius 1 is 1.15 bits per heavy atom. The number of aryl methyl sites for hydroxylation is 1. The molecule has 0 bridgehead atoms. The van der Waals surface area contributed by atoms with Gasteiger partial charge in [0.15, 0.2) is 0 Å². The number of nitro groups is 1. The number of nitro benzene ring substituents is 1. The van der Waals surface area contributed by atoms with Crippen molar-refractivity contribution in [2.24, 2.45) is 0 Å². The fourth-order valence-electron chi connectivity index (χ4n) is 2.28. The molecule has 8 heteroatoms. The predicted molar refractivity (Wildman–Crippen MR) is 99.4 cm³/mol. The zero-order valence-corrected chi connectivity index (χ0v) is 15.0. The molecule has 0 saturated heterocycles. The van der Waals surface area contributed by atoms with Crippen LogP contribution < -0.4 is 15.5 Å². The highest BCUT2D eigenvalue weighted by Gasteiger charge is 2.10. The third-order valence-corrected chi connectivity index (χ3v) is 3.73. The molecule has 2 aromatic rings. The summed E-state index contributed by atoms with van der Waals surface area (Å²) >= 11 is 0.